The minimum atomic E-state index is 0.431. The van der Waals surface area contributed by atoms with E-state index >= 15 is 0 Å². The van der Waals surface area contributed by atoms with Gasteiger partial charge in [0.1, 0.15) is 6.29 Å². The normalized spacial score (nSPS) is 11.8. The molecule has 1 unspecified atom stereocenters. The minimum Gasteiger partial charge on any atom is -0.298 e. The molecule has 23 heavy (non-hydrogen) atoms. The summed E-state index contributed by atoms with van der Waals surface area (Å²) in [6.07, 6.45) is 2.88. The van der Waals surface area contributed by atoms with Gasteiger partial charge in [-0.15, -0.1) is 0 Å². The van der Waals surface area contributed by atoms with E-state index in [4.69, 9.17) is 0 Å². The Balaban J connectivity index is 1.83. The molecule has 0 radical (unpaired) electrons. The number of hydrogen-bond donors (Lipinski definition) is 0. The molecule has 0 spiro atoms. The number of rotatable bonds is 6. The van der Waals surface area contributed by atoms with Gasteiger partial charge in [-0.25, -0.2) is 0 Å². The smallest absolute Gasteiger partial charge is 0.150 e. The van der Waals surface area contributed by atoms with E-state index < -0.39 is 0 Å². The molecule has 0 saturated carbocycles. The van der Waals surface area contributed by atoms with Crippen molar-refractivity contribution >= 4 is 6.29 Å². The molecule has 3 rings (SSSR count). The van der Waals surface area contributed by atoms with Crippen LogP contribution in [-0.2, 0) is 12.8 Å². The van der Waals surface area contributed by atoms with Crippen LogP contribution in [0.2, 0.25) is 0 Å². The van der Waals surface area contributed by atoms with Crippen molar-refractivity contribution in [3.05, 3.63) is 107 Å². The van der Waals surface area contributed by atoms with Gasteiger partial charge in [0.05, 0.1) is 0 Å². The summed E-state index contributed by atoms with van der Waals surface area (Å²) in [5.41, 5.74) is 4.70. The molecule has 0 aliphatic rings. The Labute approximate surface area is 137 Å². The van der Waals surface area contributed by atoms with Crippen LogP contribution in [0.1, 0.15) is 33.0 Å². The summed E-state index contributed by atoms with van der Waals surface area (Å²) in [4.78, 5) is 10.8. The van der Waals surface area contributed by atoms with Gasteiger partial charge in [-0.3, -0.25) is 4.79 Å². The molecule has 0 fully saturated rings. The monoisotopic (exact) mass is 300 g/mol. The van der Waals surface area contributed by atoms with Crippen LogP contribution in [0.4, 0.5) is 0 Å². The lowest BCUT2D eigenvalue weighted by Gasteiger charge is -2.18. The third-order valence-corrected chi connectivity index (χ3v) is 4.19. The number of hydrogen-bond acceptors (Lipinski definition) is 1. The van der Waals surface area contributed by atoms with Crippen LogP contribution >= 0.6 is 0 Å². The molecular formula is C22H20O. The van der Waals surface area contributed by atoms with Crippen LogP contribution in [-0.4, -0.2) is 6.29 Å². The molecule has 0 N–H and O–H groups in total. The Bertz CT molecular complexity index is 730. The van der Waals surface area contributed by atoms with Gasteiger partial charge >= 0.3 is 0 Å². The summed E-state index contributed by atoms with van der Waals surface area (Å²) >= 11 is 0. The molecule has 3 aromatic rings. The lowest BCUT2D eigenvalue weighted by Crippen LogP contribution is -2.07. The quantitative estimate of drug-likeness (QED) is 0.581. The summed E-state index contributed by atoms with van der Waals surface area (Å²) in [6.45, 7) is 0. The van der Waals surface area contributed by atoms with E-state index in [9.17, 15) is 4.79 Å². The molecule has 1 heteroatoms. The number of benzene rings is 3. The van der Waals surface area contributed by atoms with Gasteiger partial charge in [-0.2, -0.15) is 0 Å². The zero-order chi connectivity index (χ0) is 15.9. The van der Waals surface area contributed by atoms with E-state index in [2.05, 4.69) is 72.8 Å². The SMILES string of the molecule is O=Cc1ccc(CC(Cc2ccccc2)c2ccccc2)cc1. The molecule has 1 atom stereocenters. The molecule has 114 valence electrons. The zero-order valence-corrected chi connectivity index (χ0v) is 13.1. The van der Waals surface area contributed by atoms with Crippen molar-refractivity contribution in [2.75, 3.05) is 0 Å². The van der Waals surface area contributed by atoms with Crippen LogP contribution in [0.5, 0.6) is 0 Å². The Morgan fingerprint density at radius 3 is 1.74 bits per heavy atom. The zero-order valence-electron chi connectivity index (χ0n) is 13.1. The molecule has 1 nitrogen and oxygen atoms in total. The molecule has 0 bridgehead atoms. The van der Waals surface area contributed by atoms with E-state index in [1.54, 1.807) is 0 Å². The Morgan fingerprint density at radius 1 is 0.652 bits per heavy atom. The maximum atomic E-state index is 10.8. The van der Waals surface area contributed by atoms with Crippen LogP contribution in [0, 0.1) is 0 Å². The first kappa shape index (κ1) is 15.2. The molecule has 0 amide bonds. The van der Waals surface area contributed by atoms with E-state index in [-0.39, 0.29) is 0 Å². The summed E-state index contributed by atoms with van der Waals surface area (Å²) in [6, 6.07) is 29.2. The van der Waals surface area contributed by atoms with Crippen LogP contribution < -0.4 is 0 Å². The lowest BCUT2D eigenvalue weighted by atomic mass is 9.86. The fourth-order valence-corrected chi connectivity index (χ4v) is 2.95. The van der Waals surface area contributed by atoms with Crippen molar-refractivity contribution in [1.82, 2.24) is 0 Å². The number of carbonyl (C=O) groups is 1. The standard InChI is InChI=1S/C22H20O/c23-17-20-13-11-19(12-14-20)16-22(21-9-5-2-6-10-21)15-18-7-3-1-4-8-18/h1-14,17,22H,15-16H2. The highest BCUT2D eigenvalue weighted by Crippen LogP contribution is 2.25. The number of carbonyl (C=O) groups excluding carboxylic acids is 1. The van der Waals surface area contributed by atoms with Crippen LogP contribution in [0.3, 0.4) is 0 Å². The summed E-state index contributed by atoms with van der Waals surface area (Å²) in [5, 5.41) is 0. The maximum absolute atomic E-state index is 10.8. The van der Waals surface area contributed by atoms with Crippen molar-refractivity contribution in [3.8, 4) is 0 Å². The topological polar surface area (TPSA) is 17.1 Å². The molecule has 0 aliphatic carbocycles. The van der Waals surface area contributed by atoms with Gasteiger partial charge in [-0.05, 0) is 35.4 Å². The van der Waals surface area contributed by atoms with E-state index in [1.807, 2.05) is 12.1 Å². The van der Waals surface area contributed by atoms with Crippen LogP contribution in [0.25, 0.3) is 0 Å². The molecule has 0 heterocycles. The molecule has 0 saturated heterocycles. The van der Waals surface area contributed by atoms with Crippen molar-refractivity contribution in [2.24, 2.45) is 0 Å². The average Bonchev–Trinajstić information content (AvgIpc) is 2.63. The Hall–Kier alpha value is -2.67. The average molecular weight is 300 g/mol. The van der Waals surface area contributed by atoms with E-state index in [0.29, 0.717) is 5.92 Å². The first-order chi connectivity index (χ1) is 11.3. The van der Waals surface area contributed by atoms with E-state index in [1.165, 1.54) is 16.7 Å². The van der Waals surface area contributed by atoms with Crippen molar-refractivity contribution in [2.45, 2.75) is 18.8 Å². The third kappa shape index (κ3) is 4.17. The second-order valence-corrected chi connectivity index (χ2v) is 5.86. The highest BCUT2D eigenvalue weighted by molar-refractivity contribution is 5.74. The molecule has 0 aliphatic heterocycles. The van der Waals surface area contributed by atoms with E-state index in [0.717, 1.165) is 24.7 Å². The van der Waals surface area contributed by atoms with Gasteiger partial charge in [0.15, 0.2) is 0 Å². The fourth-order valence-electron chi connectivity index (χ4n) is 2.95. The second-order valence-electron chi connectivity index (χ2n) is 5.86. The fraction of sp³-hybridized carbons (Fsp3) is 0.136. The molecule has 0 aromatic heterocycles. The predicted octanol–water partition coefficient (Wildman–Crippen LogP) is 5.07. The van der Waals surface area contributed by atoms with Crippen molar-refractivity contribution in [1.29, 1.82) is 0 Å². The summed E-state index contributed by atoms with van der Waals surface area (Å²) < 4.78 is 0. The summed E-state index contributed by atoms with van der Waals surface area (Å²) in [5.74, 6) is 0.431. The molecular weight excluding hydrogens is 280 g/mol. The largest absolute Gasteiger partial charge is 0.298 e. The highest BCUT2D eigenvalue weighted by atomic mass is 16.1. The lowest BCUT2D eigenvalue weighted by molar-refractivity contribution is 0.112. The van der Waals surface area contributed by atoms with Gasteiger partial charge in [0, 0.05) is 5.56 Å². The maximum Gasteiger partial charge on any atom is 0.150 e. The highest BCUT2D eigenvalue weighted by Gasteiger charge is 2.13. The van der Waals surface area contributed by atoms with Gasteiger partial charge in [-0.1, -0.05) is 84.9 Å². The third-order valence-electron chi connectivity index (χ3n) is 4.19. The number of aldehydes is 1. The van der Waals surface area contributed by atoms with Gasteiger partial charge in [0.25, 0.3) is 0 Å². The first-order valence-electron chi connectivity index (χ1n) is 7.98. The van der Waals surface area contributed by atoms with Gasteiger partial charge < -0.3 is 0 Å². The van der Waals surface area contributed by atoms with Gasteiger partial charge in [0.2, 0.25) is 0 Å². The second kappa shape index (κ2) is 7.55. The first-order valence-corrected chi connectivity index (χ1v) is 7.98. The van der Waals surface area contributed by atoms with Crippen LogP contribution in [0.15, 0.2) is 84.9 Å². The van der Waals surface area contributed by atoms with Crippen molar-refractivity contribution < 1.29 is 4.79 Å². The van der Waals surface area contributed by atoms with Crippen molar-refractivity contribution in [3.63, 3.8) is 0 Å². The Kier molecular flexibility index (Phi) is 5.00. The Morgan fingerprint density at radius 2 is 1.17 bits per heavy atom. The minimum absolute atomic E-state index is 0.431. The molecule has 3 aromatic carbocycles. The summed E-state index contributed by atoms with van der Waals surface area (Å²) in [7, 11) is 0. The predicted molar refractivity (Wildman–Crippen MR) is 94.9 cm³/mol.